The summed E-state index contributed by atoms with van der Waals surface area (Å²) in [5.74, 6) is 1.31. The van der Waals surface area contributed by atoms with Crippen molar-refractivity contribution in [3.63, 3.8) is 0 Å². The molecule has 0 aromatic rings. The third-order valence-electron chi connectivity index (χ3n) is 3.10. The normalized spacial score (nSPS) is 34.1. The molecular weight excluding hydrogens is 160 g/mol. The Balaban J connectivity index is 2.72. The highest BCUT2D eigenvalue weighted by Crippen LogP contribution is 2.34. The minimum Gasteiger partial charge on any atom is -0.303 e. The molecule has 1 heteroatoms. The maximum Gasteiger partial charge on any atom is 0.123 e. The first-order valence-electron chi connectivity index (χ1n) is 5.31. The lowest BCUT2D eigenvalue weighted by Gasteiger charge is -2.31. The van der Waals surface area contributed by atoms with E-state index >= 15 is 0 Å². The highest BCUT2D eigenvalue weighted by Gasteiger charge is 2.28. The van der Waals surface area contributed by atoms with E-state index < -0.39 is 0 Å². The molecule has 0 amide bonds. The maximum atomic E-state index is 10.9. The summed E-state index contributed by atoms with van der Waals surface area (Å²) in [6.07, 6.45) is 6.93. The number of carbonyl (C=O) groups excluding carboxylic acids is 1. The van der Waals surface area contributed by atoms with Crippen LogP contribution in [0.5, 0.6) is 0 Å². The summed E-state index contributed by atoms with van der Waals surface area (Å²) in [4.78, 5) is 10.9. The van der Waals surface area contributed by atoms with Gasteiger partial charge in [0.1, 0.15) is 6.29 Å². The summed E-state index contributed by atoms with van der Waals surface area (Å²) in [6.45, 7) is 6.53. The van der Waals surface area contributed by atoms with Crippen molar-refractivity contribution in [3.05, 3.63) is 11.6 Å². The first-order valence-corrected chi connectivity index (χ1v) is 5.31. The lowest BCUT2D eigenvalue weighted by molar-refractivity contribution is -0.113. The van der Waals surface area contributed by atoms with E-state index in [1.165, 1.54) is 18.4 Å². The van der Waals surface area contributed by atoms with Crippen LogP contribution in [0, 0.1) is 17.8 Å². The molecular formula is C12H20O. The smallest absolute Gasteiger partial charge is 0.123 e. The van der Waals surface area contributed by atoms with Crippen LogP contribution >= 0.6 is 0 Å². The third kappa shape index (κ3) is 2.43. The number of rotatable bonds is 3. The van der Waals surface area contributed by atoms with Gasteiger partial charge in [-0.25, -0.2) is 0 Å². The number of hydrogen-bond acceptors (Lipinski definition) is 1. The summed E-state index contributed by atoms with van der Waals surface area (Å²) in [7, 11) is 0. The second-order valence-corrected chi connectivity index (χ2v) is 4.34. The largest absolute Gasteiger partial charge is 0.303 e. The van der Waals surface area contributed by atoms with E-state index in [1.807, 2.05) is 0 Å². The molecule has 0 bridgehead atoms. The van der Waals surface area contributed by atoms with E-state index in [0.29, 0.717) is 11.8 Å². The number of allylic oxidation sites excluding steroid dienone is 2. The van der Waals surface area contributed by atoms with Crippen molar-refractivity contribution in [3.8, 4) is 0 Å². The molecule has 13 heavy (non-hydrogen) atoms. The van der Waals surface area contributed by atoms with E-state index in [1.54, 1.807) is 0 Å². The Labute approximate surface area is 81.2 Å². The fourth-order valence-electron chi connectivity index (χ4n) is 2.51. The van der Waals surface area contributed by atoms with Crippen LogP contribution in [0.3, 0.4) is 0 Å². The molecule has 0 heterocycles. The van der Waals surface area contributed by atoms with Gasteiger partial charge in [-0.2, -0.15) is 0 Å². The SMILES string of the molecule is CCC[C@@H]1CC(C)=C[C@@H](C)[C@@H]1C=O. The summed E-state index contributed by atoms with van der Waals surface area (Å²) in [5, 5.41) is 0. The average Bonchev–Trinajstić information content (AvgIpc) is 2.04. The van der Waals surface area contributed by atoms with Crippen LogP contribution in [-0.2, 0) is 4.79 Å². The Morgan fingerprint density at radius 2 is 2.31 bits per heavy atom. The lowest BCUT2D eigenvalue weighted by atomic mass is 9.73. The minimum atomic E-state index is 0.267. The molecule has 0 saturated carbocycles. The molecule has 0 spiro atoms. The first-order chi connectivity index (χ1) is 6.19. The van der Waals surface area contributed by atoms with Crippen LogP contribution in [0.15, 0.2) is 11.6 Å². The van der Waals surface area contributed by atoms with E-state index in [9.17, 15) is 4.79 Å². The summed E-state index contributed by atoms with van der Waals surface area (Å²) >= 11 is 0. The van der Waals surface area contributed by atoms with Crippen molar-refractivity contribution in [2.45, 2.75) is 40.0 Å². The van der Waals surface area contributed by atoms with Gasteiger partial charge in [0, 0.05) is 5.92 Å². The van der Waals surface area contributed by atoms with Gasteiger partial charge in [-0.1, -0.05) is 31.9 Å². The van der Waals surface area contributed by atoms with Gasteiger partial charge in [-0.3, -0.25) is 0 Å². The standard InChI is InChI=1S/C12H20O/c1-4-5-11-7-9(2)6-10(3)12(11)8-13/h6,8,10-12H,4-5,7H2,1-3H3/t10-,11-,12+/m1/s1. The minimum absolute atomic E-state index is 0.267. The quantitative estimate of drug-likeness (QED) is 0.481. The lowest BCUT2D eigenvalue weighted by Crippen LogP contribution is -2.26. The molecule has 0 fully saturated rings. The number of hydrogen-bond donors (Lipinski definition) is 0. The summed E-state index contributed by atoms with van der Waals surface area (Å²) in [6, 6.07) is 0. The molecule has 0 aliphatic heterocycles. The molecule has 0 saturated heterocycles. The summed E-state index contributed by atoms with van der Waals surface area (Å²) in [5.41, 5.74) is 1.46. The Bertz CT molecular complexity index is 205. The van der Waals surface area contributed by atoms with Crippen LogP contribution in [0.4, 0.5) is 0 Å². The van der Waals surface area contributed by atoms with Crippen molar-refractivity contribution in [2.24, 2.45) is 17.8 Å². The molecule has 0 aromatic carbocycles. The molecule has 74 valence electrons. The van der Waals surface area contributed by atoms with Gasteiger partial charge in [0.25, 0.3) is 0 Å². The highest BCUT2D eigenvalue weighted by molar-refractivity contribution is 5.56. The van der Waals surface area contributed by atoms with Crippen molar-refractivity contribution in [2.75, 3.05) is 0 Å². The van der Waals surface area contributed by atoms with Crippen molar-refractivity contribution >= 4 is 6.29 Å². The van der Waals surface area contributed by atoms with E-state index in [0.717, 1.165) is 12.7 Å². The second kappa shape index (κ2) is 4.59. The van der Waals surface area contributed by atoms with Gasteiger partial charge < -0.3 is 4.79 Å². The van der Waals surface area contributed by atoms with Crippen LogP contribution in [0.2, 0.25) is 0 Å². The Kier molecular flexibility index (Phi) is 3.71. The van der Waals surface area contributed by atoms with Crippen LogP contribution < -0.4 is 0 Å². The van der Waals surface area contributed by atoms with Crippen molar-refractivity contribution in [1.82, 2.24) is 0 Å². The van der Waals surface area contributed by atoms with Crippen LogP contribution in [0.1, 0.15) is 40.0 Å². The zero-order chi connectivity index (χ0) is 9.84. The third-order valence-corrected chi connectivity index (χ3v) is 3.10. The monoisotopic (exact) mass is 180 g/mol. The molecule has 1 nitrogen and oxygen atoms in total. The van der Waals surface area contributed by atoms with E-state index in [4.69, 9.17) is 0 Å². The van der Waals surface area contributed by atoms with Gasteiger partial charge in [0.2, 0.25) is 0 Å². The van der Waals surface area contributed by atoms with Crippen LogP contribution in [0.25, 0.3) is 0 Å². The van der Waals surface area contributed by atoms with E-state index in [-0.39, 0.29) is 5.92 Å². The average molecular weight is 180 g/mol. The molecule has 1 aliphatic carbocycles. The Morgan fingerprint density at radius 3 is 2.85 bits per heavy atom. The Morgan fingerprint density at radius 1 is 1.62 bits per heavy atom. The number of carbonyl (C=O) groups is 1. The fraction of sp³-hybridized carbons (Fsp3) is 0.750. The number of aldehydes is 1. The zero-order valence-electron chi connectivity index (χ0n) is 8.92. The van der Waals surface area contributed by atoms with Crippen molar-refractivity contribution < 1.29 is 4.79 Å². The van der Waals surface area contributed by atoms with Gasteiger partial charge in [-0.05, 0) is 31.6 Å². The van der Waals surface area contributed by atoms with Crippen molar-refractivity contribution in [1.29, 1.82) is 0 Å². The maximum absolute atomic E-state index is 10.9. The Hall–Kier alpha value is -0.590. The molecule has 0 radical (unpaired) electrons. The molecule has 0 aromatic heterocycles. The highest BCUT2D eigenvalue weighted by atomic mass is 16.1. The molecule has 1 rings (SSSR count). The second-order valence-electron chi connectivity index (χ2n) is 4.34. The molecule has 0 unspecified atom stereocenters. The van der Waals surface area contributed by atoms with Gasteiger partial charge >= 0.3 is 0 Å². The summed E-state index contributed by atoms with van der Waals surface area (Å²) < 4.78 is 0. The zero-order valence-corrected chi connectivity index (χ0v) is 8.92. The first kappa shape index (κ1) is 10.5. The van der Waals surface area contributed by atoms with Gasteiger partial charge in [-0.15, -0.1) is 0 Å². The molecule has 1 aliphatic rings. The molecule has 0 N–H and O–H groups in total. The van der Waals surface area contributed by atoms with Crippen LogP contribution in [-0.4, -0.2) is 6.29 Å². The predicted molar refractivity (Wildman–Crippen MR) is 55.5 cm³/mol. The molecule has 3 atom stereocenters. The van der Waals surface area contributed by atoms with Gasteiger partial charge in [0.15, 0.2) is 0 Å². The van der Waals surface area contributed by atoms with Gasteiger partial charge in [0.05, 0.1) is 0 Å². The predicted octanol–water partition coefficient (Wildman–Crippen LogP) is 3.20. The topological polar surface area (TPSA) is 17.1 Å². The fourth-order valence-corrected chi connectivity index (χ4v) is 2.51. The van der Waals surface area contributed by atoms with E-state index in [2.05, 4.69) is 26.8 Å².